The average Bonchev–Trinajstić information content (AvgIpc) is 2.35. The quantitative estimate of drug-likeness (QED) is 0.446. The normalized spacial score (nSPS) is 20.5. The first kappa shape index (κ1) is 18.0. The van der Waals surface area contributed by atoms with Gasteiger partial charge in [0.05, 0.1) is 0 Å². The molecule has 0 saturated heterocycles. The molecule has 0 heterocycles. The van der Waals surface area contributed by atoms with Crippen LogP contribution in [0.2, 0.25) is 0 Å². The Bertz CT molecular complexity index is 194. The van der Waals surface area contributed by atoms with Gasteiger partial charge in [-0.1, -0.05) is 74.7 Å². The first-order chi connectivity index (χ1) is 8.34. The van der Waals surface area contributed by atoms with E-state index < -0.39 is 0 Å². The molecule has 0 aliphatic rings. The molecule has 0 rings (SSSR count). The molecule has 0 nitrogen and oxygen atoms in total. The van der Waals surface area contributed by atoms with Crippen LogP contribution in [0.4, 0.5) is 0 Å². The fourth-order valence-corrected chi connectivity index (χ4v) is 3.16. The summed E-state index contributed by atoms with van der Waals surface area (Å²) < 4.78 is 0. The van der Waals surface area contributed by atoms with E-state index in [0.29, 0.717) is 0 Å². The minimum atomic E-state index is 0.815. The van der Waals surface area contributed by atoms with Crippen molar-refractivity contribution in [3.05, 3.63) is 0 Å². The van der Waals surface area contributed by atoms with E-state index in [4.69, 9.17) is 0 Å². The van der Waals surface area contributed by atoms with Crippen molar-refractivity contribution >= 4 is 0 Å². The number of hydrogen-bond acceptors (Lipinski definition) is 0. The van der Waals surface area contributed by atoms with Gasteiger partial charge in [0, 0.05) is 0 Å². The highest BCUT2D eigenvalue weighted by Gasteiger charge is 2.25. The molecule has 0 bridgehead atoms. The van der Waals surface area contributed by atoms with Gasteiger partial charge in [-0.2, -0.15) is 0 Å². The lowest BCUT2D eigenvalue weighted by Gasteiger charge is -2.33. The predicted octanol–water partition coefficient (Wildman–Crippen LogP) is 6.40. The van der Waals surface area contributed by atoms with Crippen molar-refractivity contribution in [2.45, 2.75) is 81.1 Å². The van der Waals surface area contributed by atoms with Crippen LogP contribution in [-0.4, -0.2) is 0 Å². The van der Waals surface area contributed by atoms with Crippen LogP contribution in [0.1, 0.15) is 81.1 Å². The second-order valence-electron chi connectivity index (χ2n) is 7.11. The van der Waals surface area contributed by atoms with Gasteiger partial charge < -0.3 is 0 Å². The molecule has 5 atom stereocenters. The summed E-state index contributed by atoms with van der Waals surface area (Å²) in [6.07, 6.45) is 5.53. The van der Waals surface area contributed by atoms with Crippen molar-refractivity contribution in [1.82, 2.24) is 0 Å². The summed E-state index contributed by atoms with van der Waals surface area (Å²) in [6.45, 7) is 19.2. The van der Waals surface area contributed by atoms with Gasteiger partial charge in [0.1, 0.15) is 0 Å². The van der Waals surface area contributed by atoms with E-state index in [1.54, 1.807) is 0 Å². The molecule has 0 fully saturated rings. The molecule has 5 unspecified atom stereocenters. The van der Waals surface area contributed by atoms with E-state index in [1.807, 2.05) is 0 Å². The second-order valence-corrected chi connectivity index (χ2v) is 7.11. The zero-order valence-electron chi connectivity index (χ0n) is 14.3. The SMILES string of the molecule is CCCC(CC(C)C(C)C(C)C(C)C)C(C)CC. The van der Waals surface area contributed by atoms with E-state index >= 15 is 0 Å². The Balaban J connectivity index is 4.44. The fraction of sp³-hybridized carbons (Fsp3) is 1.00. The molecular weight excluding hydrogens is 216 g/mol. The van der Waals surface area contributed by atoms with Crippen LogP contribution in [-0.2, 0) is 0 Å². The Morgan fingerprint density at radius 1 is 0.722 bits per heavy atom. The van der Waals surface area contributed by atoms with Crippen molar-refractivity contribution in [3.63, 3.8) is 0 Å². The minimum Gasteiger partial charge on any atom is -0.0654 e. The van der Waals surface area contributed by atoms with Gasteiger partial charge in [-0.3, -0.25) is 0 Å². The molecule has 0 aliphatic heterocycles. The number of rotatable bonds is 9. The van der Waals surface area contributed by atoms with E-state index in [0.717, 1.165) is 35.5 Å². The summed E-state index contributed by atoms with van der Waals surface area (Å²) in [7, 11) is 0. The summed E-state index contributed by atoms with van der Waals surface area (Å²) in [4.78, 5) is 0. The third kappa shape index (κ3) is 5.76. The van der Waals surface area contributed by atoms with Gasteiger partial charge in [-0.05, 0) is 41.9 Å². The molecule has 0 aliphatic carbocycles. The highest BCUT2D eigenvalue weighted by atomic mass is 14.3. The molecule has 0 aromatic carbocycles. The van der Waals surface area contributed by atoms with E-state index in [2.05, 4.69) is 55.4 Å². The van der Waals surface area contributed by atoms with E-state index in [9.17, 15) is 0 Å². The van der Waals surface area contributed by atoms with Gasteiger partial charge >= 0.3 is 0 Å². The maximum atomic E-state index is 2.48. The van der Waals surface area contributed by atoms with Crippen LogP contribution < -0.4 is 0 Å². The summed E-state index contributed by atoms with van der Waals surface area (Å²) >= 11 is 0. The standard InChI is InChI=1S/C18H38/c1-9-11-18(14(5)10-2)12-15(6)17(8)16(7)13(3)4/h13-18H,9-12H2,1-8H3. The minimum absolute atomic E-state index is 0.815. The molecule has 0 amide bonds. The summed E-state index contributed by atoms with van der Waals surface area (Å²) in [6, 6.07) is 0. The van der Waals surface area contributed by atoms with Crippen LogP contribution >= 0.6 is 0 Å². The molecule has 0 aromatic rings. The first-order valence-corrected chi connectivity index (χ1v) is 8.34. The van der Waals surface area contributed by atoms with Gasteiger partial charge in [0.2, 0.25) is 0 Å². The van der Waals surface area contributed by atoms with Gasteiger partial charge in [0.15, 0.2) is 0 Å². The summed E-state index contributed by atoms with van der Waals surface area (Å²) in [5.41, 5.74) is 0. The van der Waals surface area contributed by atoms with Gasteiger partial charge in [-0.25, -0.2) is 0 Å². The monoisotopic (exact) mass is 254 g/mol. The number of hydrogen-bond donors (Lipinski definition) is 0. The predicted molar refractivity (Wildman–Crippen MR) is 84.8 cm³/mol. The first-order valence-electron chi connectivity index (χ1n) is 8.34. The summed E-state index contributed by atoms with van der Waals surface area (Å²) in [5.74, 6) is 5.22. The molecule has 0 saturated carbocycles. The van der Waals surface area contributed by atoms with Gasteiger partial charge in [-0.15, -0.1) is 0 Å². The lowest BCUT2D eigenvalue weighted by molar-refractivity contribution is 0.170. The Hall–Kier alpha value is 0. The van der Waals surface area contributed by atoms with Crippen molar-refractivity contribution in [1.29, 1.82) is 0 Å². The van der Waals surface area contributed by atoms with Gasteiger partial charge in [0.25, 0.3) is 0 Å². The maximum Gasteiger partial charge on any atom is -0.0386 e. The topological polar surface area (TPSA) is 0 Å². The molecule has 0 N–H and O–H groups in total. The fourth-order valence-electron chi connectivity index (χ4n) is 3.16. The van der Waals surface area contributed by atoms with Crippen LogP contribution in [0.3, 0.4) is 0 Å². The van der Waals surface area contributed by atoms with E-state index in [-0.39, 0.29) is 0 Å². The molecule has 0 spiro atoms. The lowest BCUT2D eigenvalue weighted by atomic mass is 9.73. The molecule has 0 radical (unpaired) electrons. The van der Waals surface area contributed by atoms with Crippen LogP contribution in [0, 0.1) is 35.5 Å². The van der Waals surface area contributed by atoms with Crippen molar-refractivity contribution < 1.29 is 0 Å². The summed E-state index contributed by atoms with van der Waals surface area (Å²) in [5, 5.41) is 0. The maximum absolute atomic E-state index is 2.48. The molecule has 18 heavy (non-hydrogen) atoms. The Labute approximate surface area is 117 Å². The smallest absolute Gasteiger partial charge is 0.0386 e. The zero-order chi connectivity index (χ0) is 14.3. The molecular formula is C18H38. The highest BCUT2D eigenvalue weighted by molar-refractivity contribution is 4.75. The zero-order valence-corrected chi connectivity index (χ0v) is 14.3. The second kappa shape index (κ2) is 8.99. The highest BCUT2D eigenvalue weighted by Crippen LogP contribution is 2.34. The Kier molecular flexibility index (Phi) is 8.99. The Morgan fingerprint density at radius 3 is 1.67 bits per heavy atom. The molecule has 0 heteroatoms. The Morgan fingerprint density at radius 2 is 1.28 bits per heavy atom. The van der Waals surface area contributed by atoms with Crippen molar-refractivity contribution in [2.75, 3.05) is 0 Å². The third-order valence-electron chi connectivity index (χ3n) is 5.56. The van der Waals surface area contributed by atoms with Crippen molar-refractivity contribution in [2.24, 2.45) is 35.5 Å². The molecule has 0 aromatic heterocycles. The lowest BCUT2D eigenvalue weighted by Crippen LogP contribution is -2.24. The van der Waals surface area contributed by atoms with Crippen LogP contribution in [0.15, 0.2) is 0 Å². The third-order valence-corrected chi connectivity index (χ3v) is 5.56. The average molecular weight is 255 g/mol. The van der Waals surface area contributed by atoms with E-state index in [1.165, 1.54) is 25.7 Å². The van der Waals surface area contributed by atoms with Crippen molar-refractivity contribution in [3.8, 4) is 0 Å². The van der Waals surface area contributed by atoms with Crippen LogP contribution in [0.25, 0.3) is 0 Å². The largest absolute Gasteiger partial charge is 0.0654 e. The van der Waals surface area contributed by atoms with Crippen LogP contribution in [0.5, 0.6) is 0 Å². The molecule has 110 valence electrons.